The van der Waals surface area contributed by atoms with Gasteiger partial charge in [-0.05, 0) is 30.7 Å². The molecule has 1 saturated heterocycles. The Labute approximate surface area is 105 Å². The third-order valence-electron chi connectivity index (χ3n) is 2.67. The summed E-state index contributed by atoms with van der Waals surface area (Å²) in [5, 5.41) is 3.03. The largest absolute Gasteiger partial charge is 0.348 e. The van der Waals surface area contributed by atoms with Gasteiger partial charge >= 0.3 is 0 Å². The van der Waals surface area contributed by atoms with Crippen LogP contribution in [-0.4, -0.2) is 28.4 Å². The molecule has 5 nitrogen and oxygen atoms in total. The average Bonchev–Trinajstić information content (AvgIpc) is 2.40. The zero-order valence-corrected chi connectivity index (χ0v) is 10.3. The van der Waals surface area contributed by atoms with Crippen LogP contribution < -0.4 is 16.6 Å². The first kappa shape index (κ1) is 12.2. The fraction of sp³-hybridized carbons (Fsp3) is 0.455. The van der Waals surface area contributed by atoms with Gasteiger partial charge in [-0.25, -0.2) is 10.8 Å². The number of hydrogen-bond donors (Lipinski definition) is 3. The molecule has 92 valence electrons. The van der Waals surface area contributed by atoms with E-state index in [1.165, 1.54) is 12.2 Å². The van der Waals surface area contributed by atoms with Crippen molar-refractivity contribution in [3.63, 3.8) is 0 Å². The highest BCUT2D eigenvalue weighted by Gasteiger charge is 2.17. The number of pyridine rings is 1. The molecule has 1 aromatic heterocycles. The molecule has 1 fully saturated rings. The van der Waals surface area contributed by atoms with Crippen molar-refractivity contribution in [3.8, 4) is 0 Å². The zero-order valence-electron chi connectivity index (χ0n) is 9.48. The van der Waals surface area contributed by atoms with Crippen molar-refractivity contribution in [1.29, 1.82) is 0 Å². The van der Waals surface area contributed by atoms with Crippen molar-refractivity contribution in [1.82, 2.24) is 10.3 Å². The average molecular weight is 252 g/mol. The Balaban J connectivity index is 1.98. The van der Waals surface area contributed by atoms with Crippen LogP contribution in [0.3, 0.4) is 0 Å². The predicted molar refractivity (Wildman–Crippen MR) is 69.9 cm³/mol. The molecule has 0 spiro atoms. The molecule has 0 aromatic carbocycles. The van der Waals surface area contributed by atoms with E-state index in [2.05, 4.69) is 15.7 Å². The molecule has 4 N–H and O–H groups in total. The summed E-state index contributed by atoms with van der Waals surface area (Å²) in [5.74, 6) is 7.89. The lowest BCUT2D eigenvalue weighted by atomic mass is 10.1. The smallest absolute Gasteiger partial charge is 0.251 e. The number of amides is 1. The van der Waals surface area contributed by atoms with Crippen LogP contribution >= 0.6 is 11.8 Å². The number of thioether (sulfide) groups is 1. The SMILES string of the molecule is NNc1cc(C(=O)NC2CCCSC2)ccn1. The van der Waals surface area contributed by atoms with E-state index in [0.29, 0.717) is 11.4 Å². The summed E-state index contributed by atoms with van der Waals surface area (Å²) in [4.78, 5) is 15.9. The Hall–Kier alpha value is -1.27. The highest BCUT2D eigenvalue weighted by Crippen LogP contribution is 2.17. The van der Waals surface area contributed by atoms with E-state index in [1.54, 1.807) is 18.3 Å². The normalized spacial score (nSPS) is 19.7. The van der Waals surface area contributed by atoms with Gasteiger partial charge in [0.05, 0.1) is 0 Å². The van der Waals surface area contributed by atoms with E-state index in [-0.39, 0.29) is 11.9 Å². The van der Waals surface area contributed by atoms with E-state index in [0.717, 1.165) is 12.2 Å². The Morgan fingerprint density at radius 1 is 1.59 bits per heavy atom. The van der Waals surface area contributed by atoms with Gasteiger partial charge < -0.3 is 10.7 Å². The molecule has 1 atom stereocenters. The Morgan fingerprint density at radius 3 is 3.18 bits per heavy atom. The zero-order chi connectivity index (χ0) is 12.1. The molecule has 2 rings (SSSR count). The molecular formula is C11H16N4OS. The molecule has 1 unspecified atom stereocenters. The Morgan fingerprint density at radius 2 is 2.47 bits per heavy atom. The van der Waals surface area contributed by atoms with Crippen LogP contribution in [0.1, 0.15) is 23.2 Å². The van der Waals surface area contributed by atoms with Crippen LogP contribution in [0, 0.1) is 0 Å². The standard InChI is InChI=1S/C11H16N4OS/c12-15-10-6-8(3-4-13-10)11(16)14-9-2-1-5-17-7-9/h3-4,6,9H,1-2,5,7,12H2,(H,13,15)(H,14,16). The predicted octanol–water partition coefficient (Wildman–Crippen LogP) is 0.993. The van der Waals surface area contributed by atoms with E-state index in [1.807, 2.05) is 11.8 Å². The van der Waals surface area contributed by atoms with Crippen molar-refractivity contribution in [2.75, 3.05) is 16.9 Å². The number of aromatic nitrogens is 1. The maximum Gasteiger partial charge on any atom is 0.251 e. The van der Waals surface area contributed by atoms with Gasteiger partial charge in [-0.3, -0.25) is 4.79 Å². The Bertz CT molecular complexity index is 393. The van der Waals surface area contributed by atoms with Gasteiger partial charge in [0.2, 0.25) is 0 Å². The summed E-state index contributed by atoms with van der Waals surface area (Å²) in [7, 11) is 0. The van der Waals surface area contributed by atoms with Gasteiger partial charge in [0.1, 0.15) is 5.82 Å². The van der Waals surface area contributed by atoms with Gasteiger partial charge in [-0.2, -0.15) is 11.8 Å². The van der Waals surface area contributed by atoms with Crippen LogP contribution in [0.5, 0.6) is 0 Å². The number of anilines is 1. The lowest BCUT2D eigenvalue weighted by molar-refractivity contribution is 0.0938. The fourth-order valence-corrected chi connectivity index (χ4v) is 2.85. The van der Waals surface area contributed by atoms with Crippen molar-refractivity contribution in [2.24, 2.45) is 5.84 Å². The first-order chi connectivity index (χ1) is 8.29. The van der Waals surface area contributed by atoms with Crippen molar-refractivity contribution in [2.45, 2.75) is 18.9 Å². The number of hydrazine groups is 1. The lowest BCUT2D eigenvalue weighted by Gasteiger charge is -2.22. The van der Waals surface area contributed by atoms with Gasteiger partial charge in [0, 0.05) is 23.6 Å². The summed E-state index contributed by atoms with van der Waals surface area (Å²) in [6.45, 7) is 0. The number of carbonyl (C=O) groups is 1. The minimum atomic E-state index is -0.0589. The second kappa shape index (κ2) is 5.88. The molecule has 1 aliphatic heterocycles. The molecule has 0 radical (unpaired) electrons. The van der Waals surface area contributed by atoms with E-state index >= 15 is 0 Å². The molecule has 1 aliphatic rings. The number of nitrogens with two attached hydrogens (primary N) is 1. The summed E-state index contributed by atoms with van der Waals surface area (Å²) in [6, 6.07) is 3.61. The third kappa shape index (κ3) is 3.34. The van der Waals surface area contributed by atoms with Gasteiger partial charge in [0.25, 0.3) is 5.91 Å². The van der Waals surface area contributed by atoms with Gasteiger partial charge in [0.15, 0.2) is 0 Å². The van der Waals surface area contributed by atoms with E-state index < -0.39 is 0 Å². The second-order valence-electron chi connectivity index (χ2n) is 3.96. The molecular weight excluding hydrogens is 236 g/mol. The maximum atomic E-state index is 12.0. The molecule has 6 heteroatoms. The molecule has 0 aliphatic carbocycles. The topological polar surface area (TPSA) is 80.0 Å². The van der Waals surface area contributed by atoms with Crippen molar-refractivity contribution < 1.29 is 4.79 Å². The van der Waals surface area contributed by atoms with Crippen LogP contribution in [0.2, 0.25) is 0 Å². The molecule has 17 heavy (non-hydrogen) atoms. The molecule has 1 aromatic rings. The number of rotatable bonds is 3. The summed E-state index contributed by atoms with van der Waals surface area (Å²) >= 11 is 1.89. The first-order valence-electron chi connectivity index (χ1n) is 5.61. The molecule has 2 heterocycles. The number of carbonyl (C=O) groups excluding carboxylic acids is 1. The third-order valence-corrected chi connectivity index (χ3v) is 3.88. The molecule has 0 saturated carbocycles. The summed E-state index contributed by atoms with van der Waals surface area (Å²) < 4.78 is 0. The Kier molecular flexibility index (Phi) is 4.22. The van der Waals surface area contributed by atoms with Crippen LogP contribution in [-0.2, 0) is 0 Å². The minimum absolute atomic E-state index is 0.0589. The second-order valence-corrected chi connectivity index (χ2v) is 5.11. The highest BCUT2D eigenvalue weighted by atomic mass is 32.2. The van der Waals surface area contributed by atoms with Crippen LogP contribution in [0.15, 0.2) is 18.3 Å². The lowest BCUT2D eigenvalue weighted by Crippen LogP contribution is -2.38. The fourth-order valence-electron chi connectivity index (χ4n) is 1.77. The number of hydrogen-bond acceptors (Lipinski definition) is 5. The van der Waals surface area contributed by atoms with Gasteiger partial charge in [-0.1, -0.05) is 0 Å². The number of nitrogens with one attached hydrogen (secondary N) is 2. The van der Waals surface area contributed by atoms with Gasteiger partial charge in [-0.15, -0.1) is 0 Å². The number of nitrogen functional groups attached to an aromatic ring is 1. The van der Waals surface area contributed by atoms with Crippen LogP contribution in [0.4, 0.5) is 5.82 Å². The van der Waals surface area contributed by atoms with E-state index in [9.17, 15) is 4.79 Å². The summed E-state index contributed by atoms with van der Waals surface area (Å²) in [6.07, 6.45) is 3.80. The first-order valence-corrected chi connectivity index (χ1v) is 6.76. The van der Waals surface area contributed by atoms with Crippen molar-refractivity contribution in [3.05, 3.63) is 23.9 Å². The summed E-state index contributed by atoms with van der Waals surface area (Å²) in [5.41, 5.74) is 3.02. The molecule has 0 bridgehead atoms. The monoisotopic (exact) mass is 252 g/mol. The van der Waals surface area contributed by atoms with E-state index in [4.69, 9.17) is 5.84 Å². The van der Waals surface area contributed by atoms with Crippen LogP contribution in [0.25, 0.3) is 0 Å². The number of nitrogens with zero attached hydrogens (tertiary/aromatic N) is 1. The minimum Gasteiger partial charge on any atom is -0.348 e. The quantitative estimate of drug-likeness (QED) is 0.552. The maximum absolute atomic E-state index is 12.0. The highest BCUT2D eigenvalue weighted by molar-refractivity contribution is 7.99. The van der Waals surface area contributed by atoms with Crippen molar-refractivity contribution >= 4 is 23.5 Å². The molecule has 1 amide bonds.